The SMILES string of the molecule is C[NH2+]C(=O)C/C=C(\C)CC/C=C(\C)CCC=C(C)C. The fourth-order valence-corrected chi connectivity index (χ4v) is 1.73. The van der Waals surface area contributed by atoms with Crippen LogP contribution in [0.5, 0.6) is 0 Å². The van der Waals surface area contributed by atoms with Gasteiger partial charge in [-0.1, -0.05) is 34.9 Å². The van der Waals surface area contributed by atoms with E-state index in [-0.39, 0.29) is 5.91 Å². The lowest BCUT2D eigenvalue weighted by Crippen LogP contribution is -2.83. The third-order valence-corrected chi connectivity index (χ3v) is 3.10. The Kier molecular flexibility index (Phi) is 10.1. The van der Waals surface area contributed by atoms with E-state index in [0.29, 0.717) is 6.42 Å². The van der Waals surface area contributed by atoms with Gasteiger partial charge in [0.05, 0.1) is 13.5 Å². The van der Waals surface area contributed by atoms with Crippen LogP contribution in [-0.2, 0) is 4.79 Å². The Hall–Kier alpha value is -1.15. The summed E-state index contributed by atoms with van der Waals surface area (Å²) in [4.78, 5) is 11.2. The lowest BCUT2D eigenvalue weighted by molar-refractivity contribution is -0.538. The highest BCUT2D eigenvalue weighted by Crippen LogP contribution is 2.11. The minimum atomic E-state index is 0.202. The van der Waals surface area contributed by atoms with E-state index >= 15 is 0 Å². The summed E-state index contributed by atoms with van der Waals surface area (Å²) >= 11 is 0. The zero-order valence-electron chi connectivity index (χ0n) is 13.3. The van der Waals surface area contributed by atoms with Crippen molar-refractivity contribution in [1.29, 1.82) is 0 Å². The van der Waals surface area contributed by atoms with Gasteiger partial charge in [0.1, 0.15) is 0 Å². The third kappa shape index (κ3) is 11.7. The molecule has 108 valence electrons. The largest absolute Gasteiger partial charge is 0.314 e. The van der Waals surface area contributed by atoms with Gasteiger partial charge < -0.3 is 0 Å². The van der Waals surface area contributed by atoms with Crippen LogP contribution in [-0.4, -0.2) is 13.0 Å². The number of hydrogen-bond acceptors (Lipinski definition) is 1. The predicted octanol–water partition coefficient (Wildman–Crippen LogP) is 3.52. The Labute approximate surface area is 118 Å². The van der Waals surface area contributed by atoms with Gasteiger partial charge in [-0.3, -0.25) is 5.32 Å². The molecule has 0 bridgehead atoms. The molecule has 0 saturated carbocycles. The lowest BCUT2D eigenvalue weighted by atomic mass is 10.1. The third-order valence-electron chi connectivity index (χ3n) is 3.10. The van der Waals surface area contributed by atoms with Gasteiger partial charge in [-0.15, -0.1) is 0 Å². The number of carbonyl (C=O) groups is 1. The van der Waals surface area contributed by atoms with Crippen LogP contribution in [0, 0.1) is 0 Å². The van der Waals surface area contributed by atoms with Crippen LogP contribution in [0.25, 0.3) is 0 Å². The Morgan fingerprint density at radius 2 is 1.42 bits per heavy atom. The van der Waals surface area contributed by atoms with Crippen molar-refractivity contribution < 1.29 is 10.1 Å². The Bertz CT molecular complexity index is 357. The molecule has 0 aliphatic heterocycles. The van der Waals surface area contributed by atoms with Gasteiger partial charge in [-0.05, 0) is 53.4 Å². The van der Waals surface area contributed by atoms with E-state index < -0.39 is 0 Å². The molecule has 0 atom stereocenters. The van der Waals surface area contributed by atoms with Crippen molar-refractivity contribution in [2.45, 2.75) is 59.8 Å². The van der Waals surface area contributed by atoms with Gasteiger partial charge in [0.15, 0.2) is 0 Å². The predicted molar refractivity (Wildman–Crippen MR) is 82.9 cm³/mol. The maximum absolute atomic E-state index is 11.2. The molecular weight excluding hydrogens is 234 g/mol. The number of allylic oxidation sites excluding steroid dienone is 5. The van der Waals surface area contributed by atoms with Crippen LogP contribution < -0.4 is 5.32 Å². The molecule has 0 aromatic heterocycles. The van der Waals surface area contributed by atoms with Gasteiger partial charge in [0, 0.05) is 0 Å². The second kappa shape index (κ2) is 10.7. The molecule has 0 aromatic carbocycles. The second-order valence-electron chi connectivity index (χ2n) is 5.42. The molecule has 2 nitrogen and oxygen atoms in total. The van der Waals surface area contributed by atoms with E-state index in [9.17, 15) is 4.79 Å². The first-order valence-corrected chi connectivity index (χ1v) is 7.22. The molecule has 2 heteroatoms. The Morgan fingerprint density at radius 3 is 1.95 bits per heavy atom. The van der Waals surface area contributed by atoms with Crippen molar-refractivity contribution in [2.24, 2.45) is 0 Å². The first-order valence-electron chi connectivity index (χ1n) is 7.22. The first-order chi connectivity index (χ1) is 8.95. The van der Waals surface area contributed by atoms with E-state index in [1.807, 2.05) is 0 Å². The first kappa shape index (κ1) is 17.8. The summed E-state index contributed by atoms with van der Waals surface area (Å²) in [5, 5.41) is 1.64. The second-order valence-corrected chi connectivity index (χ2v) is 5.42. The molecule has 0 aromatic rings. The van der Waals surface area contributed by atoms with E-state index in [4.69, 9.17) is 0 Å². The van der Waals surface area contributed by atoms with Crippen LogP contribution in [0.2, 0.25) is 0 Å². The van der Waals surface area contributed by atoms with Crippen LogP contribution in [0.1, 0.15) is 59.8 Å². The number of rotatable bonds is 8. The average Bonchev–Trinajstić information content (AvgIpc) is 2.35. The molecule has 0 spiro atoms. The number of carbonyl (C=O) groups excluding carboxylic acids is 1. The van der Waals surface area contributed by atoms with Crippen LogP contribution >= 0.6 is 0 Å². The Balaban J connectivity index is 3.93. The quantitative estimate of drug-likeness (QED) is 0.669. The molecular formula is C17H30NO+. The monoisotopic (exact) mass is 264 g/mol. The molecule has 0 unspecified atom stereocenters. The van der Waals surface area contributed by atoms with Crippen molar-refractivity contribution in [3.05, 3.63) is 34.9 Å². The van der Waals surface area contributed by atoms with Gasteiger partial charge in [-0.25, -0.2) is 4.79 Å². The molecule has 0 aliphatic carbocycles. The molecule has 0 heterocycles. The zero-order valence-corrected chi connectivity index (χ0v) is 13.3. The number of primary amides is 1. The normalized spacial score (nSPS) is 12.5. The smallest absolute Gasteiger partial charge is 0.285 e. The van der Waals surface area contributed by atoms with E-state index in [2.05, 4.69) is 45.9 Å². The molecule has 0 aliphatic rings. The van der Waals surface area contributed by atoms with Crippen molar-refractivity contribution in [3.8, 4) is 0 Å². The van der Waals surface area contributed by atoms with E-state index in [1.54, 1.807) is 12.4 Å². The minimum Gasteiger partial charge on any atom is -0.285 e. The Morgan fingerprint density at radius 1 is 0.895 bits per heavy atom. The number of hydrogen-bond donors (Lipinski definition) is 1. The highest BCUT2D eigenvalue weighted by atomic mass is 16.1. The highest BCUT2D eigenvalue weighted by molar-refractivity contribution is 5.67. The summed E-state index contributed by atoms with van der Waals surface area (Å²) in [6.07, 6.45) is 11.6. The maximum Gasteiger partial charge on any atom is 0.314 e. The fraction of sp³-hybridized carbons (Fsp3) is 0.588. The summed E-state index contributed by atoms with van der Waals surface area (Å²) < 4.78 is 0. The number of nitrogens with two attached hydrogens (primary N) is 1. The van der Waals surface area contributed by atoms with E-state index in [1.165, 1.54) is 16.7 Å². The van der Waals surface area contributed by atoms with Crippen molar-refractivity contribution in [3.63, 3.8) is 0 Å². The molecule has 2 N–H and O–H groups in total. The van der Waals surface area contributed by atoms with Gasteiger partial charge in [0.2, 0.25) is 0 Å². The number of quaternary nitrogens is 1. The lowest BCUT2D eigenvalue weighted by Gasteiger charge is -2.01. The standard InChI is InChI=1S/C17H29NO/c1-14(2)8-6-9-15(3)10-7-11-16(4)12-13-17(19)18-5/h8,10,12H,6-7,9,11,13H2,1-5H3,(H,18,19)/p+1/b15-10+,16-12+. The molecule has 0 saturated heterocycles. The molecule has 0 rings (SSSR count). The van der Waals surface area contributed by atoms with Crippen molar-refractivity contribution in [1.82, 2.24) is 0 Å². The maximum atomic E-state index is 11.2. The molecule has 19 heavy (non-hydrogen) atoms. The fourth-order valence-electron chi connectivity index (χ4n) is 1.73. The molecule has 0 fully saturated rings. The van der Waals surface area contributed by atoms with Crippen molar-refractivity contribution in [2.75, 3.05) is 7.05 Å². The summed E-state index contributed by atoms with van der Waals surface area (Å²) in [5.74, 6) is 0.202. The molecule has 0 radical (unpaired) electrons. The zero-order chi connectivity index (χ0) is 14.7. The van der Waals surface area contributed by atoms with Crippen LogP contribution in [0.15, 0.2) is 34.9 Å². The summed E-state index contributed by atoms with van der Waals surface area (Å²) in [6, 6.07) is 0. The summed E-state index contributed by atoms with van der Waals surface area (Å²) in [7, 11) is 1.80. The molecule has 1 amide bonds. The summed E-state index contributed by atoms with van der Waals surface area (Å²) in [5.41, 5.74) is 4.16. The minimum absolute atomic E-state index is 0.202. The topological polar surface area (TPSA) is 33.7 Å². The summed E-state index contributed by atoms with van der Waals surface area (Å²) in [6.45, 7) is 8.59. The van der Waals surface area contributed by atoms with Gasteiger partial charge in [0.25, 0.3) is 0 Å². The van der Waals surface area contributed by atoms with Crippen LogP contribution in [0.3, 0.4) is 0 Å². The van der Waals surface area contributed by atoms with Gasteiger partial charge in [-0.2, -0.15) is 0 Å². The van der Waals surface area contributed by atoms with Gasteiger partial charge >= 0.3 is 5.91 Å². The number of amides is 1. The van der Waals surface area contributed by atoms with Crippen LogP contribution in [0.4, 0.5) is 0 Å². The highest BCUT2D eigenvalue weighted by Gasteiger charge is 1.98. The van der Waals surface area contributed by atoms with E-state index in [0.717, 1.165) is 25.7 Å². The average molecular weight is 264 g/mol. The van der Waals surface area contributed by atoms with Crippen molar-refractivity contribution >= 4 is 5.91 Å².